The van der Waals surface area contributed by atoms with Crippen molar-refractivity contribution in [3.63, 3.8) is 0 Å². The molecule has 8 nitrogen and oxygen atoms in total. The average molecular weight is 327 g/mol. The lowest BCUT2D eigenvalue weighted by Gasteiger charge is -2.13. The van der Waals surface area contributed by atoms with E-state index in [9.17, 15) is 19.7 Å². The molecule has 0 unspecified atom stereocenters. The molecule has 2 aromatic carbocycles. The van der Waals surface area contributed by atoms with Gasteiger partial charge in [0.25, 0.3) is 11.6 Å². The van der Waals surface area contributed by atoms with E-state index in [2.05, 4.69) is 5.32 Å². The van der Waals surface area contributed by atoms with E-state index in [0.29, 0.717) is 24.3 Å². The summed E-state index contributed by atoms with van der Waals surface area (Å²) in [7, 11) is 0. The number of nitrogens with zero attached hydrogens (tertiary/aromatic N) is 2. The van der Waals surface area contributed by atoms with E-state index in [4.69, 9.17) is 5.11 Å². The number of nitro benzene ring substituents is 1. The maximum absolute atomic E-state index is 12.3. The van der Waals surface area contributed by atoms with Crippen LogP contribution in [0.15, 0.2) is 42.5 Å². The van der Waals surface area contributed by atoms with E-state index >= 15 is 0 Å². The van der Waals surface area contributed by atoms with Crippen LogP contribution in [0, 0.1) is 10.1 Å². The molecule has 122 valence electrons. The number of benzene rings is 2. The van der Waals surface area contributed by atoms with Gasteiger partial charge in [0.05, 0.1) is 10.6 Å². The quantitative estimate of drug-likeness (QED) is 0.665. The monoisotopic (exact) mass is 327 g/mol. The molecule has 0 radical (unpaired) electrons. The van der Waals surface area contributed by atoms with Gasteiger partial charge in [-0.25, -0.2) is 4.79 Å². The summed E-state index contributed by atoms with van der Waals surface area (Å²) >= 11 is 0. The number of para-hydroxylation sites is 1. The fourth-order valence-electron chi connectivity index (χ4n) is 2.70. The molecule has 0 saturated heterocycles. The molecule has 0 aromatic heterocycles. The summed E-state index contributed by atoms with van der Waals surface area (Å²) < 4.78 is 0. The van der Waals surface area contributed by atoms with Gasteiger partial charge < -0.3 is 10.4 Å². The van der Waals surface area contributed by atoms with Gasteiger partial charge in [-0.3, -0.25) is 19.8 Å². The van der Waals surface area contributed by atoms with Gasteiger partial charge in [0.2, 0.25) is 0 Å². The molecule has 0 atom stereocenters. The van der Waals surface area contributed by atoms with Gasteiger partial charge in [0.1, 0.15) is 5.56 Å². The van der Waals surface area contributed by atoms with Gasteiger partial charge in [0.15, 0.2) is 0 Å². The van der Waals surface area contributed by atoms with Crippen molar-refractivity contribution in [2.75, 3.05) is 16.8 Å². The van der Waals surface area contributed by atoms with Gasteiger partial charge in [-0.1, -0.05) is 12.1 Å². The Balaban J connectivity index is 1.84. The Morgan fingerprint density at radius 2 is 1.96 bits per heavy atom. The first-order valence-electron chi connectivity index (χ1n) is 7.15. The third-order valence-electron chi connectivity index (χ3n) is 3.81. The van der Waals surface area contributed by atoms with Gasteiger partial charge in [0, 0.05) is 18.3 Å². The summed E-state index contributed by atoms with van der Waals surface area (Å²) in [6, 6.07) is 10.6. The standard InChI is InChI=1S/C16H13N3O5/c20-15(12-3-1-2-4-14(12)19(23)24)17-11-5-6-13-10(9-11)7-8-18(13)16(21)22/h1-6,9H,7-8H2,(H,17,20)(H,21,22). The van der Waals surface area contributed by atoms with Gasteiger partial charge >= 0.3 is 6.09 Å². The maximum atomic E-state index is 12.3. The minimum atomic E-state index is -1.02. The number of nitro groups is 1. The van der Waals surface area contributed by atoms with Gasteiger partial charge in [-0.15, -0.1) is 0 Å². The molecule has 8 heteroatoms. The number of fused-ring (bicyclic) bond motifs is 1. The lowest BCUT2D eigenvalue weighted by atomic mass is 10.1. The Labute approximate surface area is 136 Å². The number of hydrogen-bond donors (Lipinski definition) is 2. The average Bonchev–Trinajstić information content (AvgIpc) is 2.98. The van der Waals surface area contributed by atoms with E-state index in [1.165, 1.54) is 23.1 Å². The molecule has 1 aliphatic rings. The third kappa shape index (κ3) is 2.76. The summed E-state index contributed by atoms with van der Waals surface area (Å²) in [5.41, 5.74) is 1.55. The Hall–Kier alpha value is -3.42. The van der Waals surface area contributed by atoms with Crippen molar-refractivity contribution in [3.05, 3.63) is 63.7 Å². The molecule has 1 aliphatic heterocycles. The summed E-state index contributed by atoms with van der Waals surface area (Å²) in [4.78, 5) is 35.0. The number of nitrogens with one attached hydrogen (secondary N) is 1. The summed E-state index contributed by atoms with van der Waals surface area (Å²) in [5.74, 6) is -0.588. The molecule has 0 saturated carbocycles. The second-order valence-corrected chi connectivity index (χ2v) is 5.26. The van der Waals surface area contributed by atoms with Crippen molar-refractivity contribution >= 4 is 29.1 Å². The maximum Gasteiger partial charge on any atom is 0.411 e. The smallest absolute Gasteiger partial charge is 0.411 e. The van der Waals surface area contributed by atoms with Gasteiger partial charge in [-0.2, -0.15) is 0 Å². The molecule has 24 heavy (non-hydrogen) atoms. The fourth-order valence-corrected chi connectivity index (χ4v) is 2.70. The van der Waals surface area contributed by atoms with Crippen LogP contribution in [0.1, 0.15) is 15.9 Å². The Morgan fingerprint density at radius 3 is 2.67 bits per heavy atom. The number of carbonyl (C=O) groups excluding carboxylic acids is 1. The molecule has 2 amide bonds. The normalized spacial score (nSPS) is 12.6. The topological polar surface area (TPSA) is 113 Å². The van der Waals surface area contributed by atoms with Crippen LogP contribution in [0.5, 0.6) is 0 Å². The fraction of sp³-hybridized carbons (Fsp3) is 0.125. The molecule has 2 aromatic rings. The van der Waals surface area contributed by atoms with Crippen molar-refractivity contribution in [2.24, 2.45) is 0 Å². The number of carbonyl (C=O) groups is 2. The molecule has 0 fully saturated rings. The third-order valence-corrected chi connectivity index (χ3v) is 3.81. The van der Waals surface area contributed by atoms with Crippen molar-refractivity contribution in [1.29, 1.82) is 0 Å². The van der Waals surface area contributed by atoms with Crippen LogP contribution in [0.2, 0.25) is 0 Å². The van der Waals surface area contributed by atoms with Crippen LogP contribution in [-0.2, 0) is 6.42 Å². The highest BCUT2D eigenvalue weighted by Gasteiger charge is 2.25. The first kappa shape index (κ1) is 15.5. The molecular weight excluding hydrogens is 314 g/mol. The van der Waals surface area contributed by atoms with Gasteiger partial charge in [-0.05, 0) is 36.2 Å². The number of carboxylic acid groups (broad SMARTS) is 1. The zero-order valence-electron chi connectivity index (χ0n) is 12.4. The predicted octanol–water partition coefficient (Wildman–Crippen LogP) is 2.89. The zero-order chi connectivity index (χ0) is 17.3. The lowest BCUT2D eigenvalue weighted by molar-refractivity contribution is -0.385. The Bertz CT molecular complexity index is 849. The van der Waals surface area contributed by atoms with Crippen LogP contribution in [0.3, 0.4) is 0 Å². The van der Waals surface area contributed by atoms with Crippen LogP contribution >= 0.6 is 0 Å². The SMILES string of the molecule is O=C(Nc1ccc2c(c1)CCN2C(=O)O)c1ccccc1[N+](=O)[O-]. The molecular formula is C16H13N3O5. The van der Waals surface area contributed by atoms with Crippen molar-refractivity contribution < 1.29 is 19.6 Å². The van der Waals surface area contributed by atoms with Crippen LogP contribution in [0.4, 0.5) is 21.9 Å². The molecule has 2 N–H and O–H groups in total. The largest absolute Gasteiger partial charge is 0.465 e. The number of hydrogen-bond acceptors (Lipinski definition) is 4. The Kier molecular flexibility index (Phi) is 3.87. The zero-order valence-corrected chi connectivity index (χ0v) is 12.4. The van der Waals surface area contributed by atoms with Crippen LogP contribution in [-0.4, -0.2) is 28.6 Å². The summed E-state index contributed by atoms with van der Waals surface area (Å²) in [6.45, 7) is 0.367. The van der Waals surface area contributed by atoms with Crippen molar-refractivity contribution in [3.8, 4) is 0 Å². The first-order chi connectivity index (χ1) is 11.5. The highest BCUT2D eigenvalue weighted by molar-refractivity contribution is 6.07. The molecule has 0 spiro atoms. The van der Waals surface area contributed by atoms with E-state index in [1.54, 1.807) is 24.3 Å². The van der Waals surface area contributed by atoms with E-state index < -0.39 is 16.9 Å². The lowest BCUT2D eigenvalue weighted by Crippen LogP contribution is -2.26. The summed E-state index contributed by atoms with van der Waals surface area (Å²) in [6.07, 6.45) is -0.470. The number of amides is 2. The highest BCUT2D eigenvalue weighted by atomic mass is 16.6. The van der Waals surface area contributed by atoms with Crippen LogP contribution in [0.25, 0.3) is 0 Å². The van der Waals surface area contributed by atoms with Crippen LogP contribution < -0.4 is 10.2 Å². The number of rotatable bonds is 3. The first-order valence-corrected chi connectivity index (χ1v) is 7.15. The Morgan fingerprint density at radius 1 is 1.21 bits per heavy atom. The van der Waals surface area contributed by atoms with Crippen molar-refractivity contribution in [1.82, 2.24) is 0 Å². The highest BCUT2D eigenvalue weighted by Crippen LogP contribution is 2.31. The second kappa shape index (κ2) is 5.99. The molecule has 0 bridgehead atoms. The van der Waals surface area contributed by atoms with E-state index in [-0.39, 0.29) is 11.3 Å². The summed E-state index contributed by atoms with van der Waals surface area (Å²) in [5, 5.41) is 22.7. The predicted molar refractivity (Wildman–Crippen MR) is 86.6 cm³/mol. The van der Waals surface area contributed by atoms with E-state index in [0.717, 1.165) is 5.56 Å². The minimum absolute atomic E-state index is 0.0323. The molecule has 1 heterocycles. The van der Waals surface area contributed by atoms with E-state index in [1.807, 2.05) is 0 Å². The minimum Gasteiger partial charge on any atom is -0.465 e. The van der Waals surface area contributed by atoms with Crippen molar-refractivity contribution in [2.45, 2.75) is 6.42 Å². The number of anilines is 2. The molecule has 3 rings (SSSR count). The molecule has 0 aliphatic carbocycles. The second-order valence-electron chi connectivity index (χ2n) is 5.26.